The minimum absolute atomic E-state index is 0.291. The zero-order chi connectivity index (χ0) is 13.8. The van der Waals surface area contributed by atoms with E-state index in [4.69, 9.17) is 11.6 Å². The highest BCUT2D eigenvalue weighted by atomic mass is 35.5. The fourth-order valence-electron chi connectivity index (χ4n) is 2.35. The molecule has 0 aliphatic heterocycles. The standard InChI is InChI=1S/C17H20ClN/c1-12-7-8-13(2)15(9-12)11-17(19-3)14-5-4-6-16(18)10-14/h4-10,17,19H,11H2,1-3H3. The summed E-state index contributed by atoms with van der Waals surface area (Å²) in [5.41, 5.74) is 5.27. The molecule has 1 atom stereocenters. The summed E-state index contributed by atoms with van der Waals surface area (Å²) in [5.74, 6) is 0. The Kier molecular flexibility index (Phi) is 4.62. The van der Waals surface area contributed by atoms with Crippen molar-refractivity contribution < 1.29 is 0 Å². The molecule has 0 bridgehead atoms. The second kappa shape index (κ2) is 6.23. The van der Waals surface area contributed by atoms with E-state index in [1.54, 1.807) is 0 Å². The lowest BCUT2D eigenvalue weighted by atomic mass is 9.95. The molecule has 0 saturated heterocycles. The van der Waals surface area contributed by atoms with Gasteiger partial charge in [0.05, 0.1) is 0 Å². The van der Waals surface area contributed by atoms with Crippen LogP contribution in [0.1, 0.15) is 28.3 Å². The highest BCUT2D eigenvalue weighted by Crippen LogP contribution is 2.23. The molecule has 0 heterocycles. The Labute approximate surface area is 120 Å². The van der Waals surface area contributed by atoms with E-state index in [1.165, 1.54) is 22.3 Å². The second-order valence-electron chi connectivity index (χ2n) is 5.03. The molecule has 0 aliphatic rings. The van der Waals surface area contributed by atoms with Gasteiger partial charge in [0, 0.05) is 11.1 Å². The number of likely N-dealkylation sites (N-methyl/N-ethyl adjacent to an activating group) is 1. The minimum atomic E-state index is 0.291. The summed E-state index contributed by atoms with van der Waals surface area (Å²) >= 11 is 6.08. The molecule has 0 saturated carbocycles. The summed E-state index contributed by atoms with van der Waals surface area (Å²) in [7, 11) is 2.00. The van der Waals surface area contributed by atoms with Crippen LogP contribution in [0.15, 0.2) is 42.5 Å². The fourth-order valence-corrected chi connectivity index (χ4v) is 2.55. The molecule has 2 heteroatoms. The summed E-state index contributed by atoms with van der Waals surface area (Å²) in [6.45, 7) is 4.30. The molecule has 100 valence electrons. The Balaban J connectivity index is 2.26. The number of hydrogen-bond donors (Lipinski definition) is 1. The number of benzene rings is 2. The Morgan fingerprint density at radius 2 is 1.89 bits per heavy atom. The van der Waals surface area contributed by atoms with Crippen LogP contribution in [0, 0.1) is 13.8 Å². The molecule has 2 rings (SSSR count). The van der Waals surface area contributed by atoms with E-state index in [0.29, 0.717) is 6.04 Å². The predicted molar refractivity (Wildman–Crippen MR) is 82.9 cm³/mol. The van der Waals surface area contributed by atoms with Crippen molar-refractivity contribution in [1.82, 2.24) is 5.32 Å². The lowest BCUT2D eigenvalue weighted by molar-refractivity contribution is 0.590. The molecule has 2 aromatic rings. The summed E-state index contributed by atoms with van der Waals surface area (Å²) in [6.07, 6.45) is 0.977. The molecule has 1 unspecified atom stereocenters. The van der Waals surface area contributed by atoms with E-state index in [-0.39, 0.29) is 0 Å². The van der Waals surface area contributed by atoms with Crippen molar-refractivity contribution in [3.63, 3.8) is 0 Å². The van der Waals surface area contributed by atoms with Crippen molar-refractivity contribution in [2.24, 2.45) is 0 Å². The quantitative estimate of drug-likeness (QED) is 0.867. The van der Waals surface area contributed by atoms with E-state index in [0.717, 1.165) is 11.4 Å². The molecule has 0 radical (unpaired) electrons. The van der Waals surface area contributed by atoms with Gasteiger partial charge in [0.25, 0.3) is 0 Å². The average molecular weight is 274 g/mol. The lowest BCUT2D eigenvalue weighted by Gasteiger charge is -2.18. The fraction of sp³-hybridized carbons (Fsp3) is 0.294. The highest BCUT2D eigenvalue weighted by molar-refractivity contribution is 6.30. The van der Waals surface area contributed by atoms with Crippen molar-refractivity contribution in [3.8, 4) is 0 Å². The van der Waals surface area contributed by atoms with Crippen molar-refractivity contribution in [2.45, 2.75) is 26.3 Å². The molecule has 0 amide bonds. The Morgan fingerprint density at radius 1 is 1.11 bits per heavy atom. The first-order valence-electron chi connectivity index (χ1n) is 6.59. The zero-order valence-electron chi connectivity index (χ0n) is 11.7. The van der Waals surface area contributed by atoms with E-state index in [9.17, 15) is 0 Å². The normalized spacial score (nSPS) is 12.4. The maximum Gasteiger partial charge on any atom is 0.0409 e. The van der Waals surface area contributed by atoms with Crippen molar-refractivity contribution in [3.05, 3.63) is 69.7 Å². The third kappa shape index (κ3) is 3.59. The third-order valence-electron chi connectivity index (χ3n) is 3.53. The van der Waals surface area contributed by atoms with Crippen LogP contribution in [-0.4, -0.2) is 7.05 Å². The molecule has 0 spiro atoms. The number of rotatable bonds is 4. The maximum atomic E-state index is 6.08. The summed E-state index contributed by atoms with van der Waals surface area (Å²) in [4.78, 5) is 0. The van der Waals surface area contributed by atoms with Crippen LogP contribution < -0.4 is 5.32 Å². The van der Waals surface area contributed by atoms with E-state index < -0.39 is 0 Å². The van der Waals surface area contributed by atoms with Crippen molar-refractivity contribution in [2.75, 3.05) is 7.05 Å². The first-order chi connectivity index (χ1) is 9.10. The smallest absolute Gasteiger partial charge is 0.0409 e. The first-order valence-corrected chi connectivity index (χ1v) is 6.97. The van der Waals surface area contributed by atoms with Crippen LogP contribution >= 0.6 is 11.6 Å². The van der Waals surface area contributed by atoms with Gasteiger partial charge in [-0.3, -0.25) is 0 Å². The largest absolute Gasteiger partial charge is 0.313 e. The highest BCUT2D eigenvalue weighted by Gasteiger charge is 2.12. The van der Waals surface area contributed by atoms with Gasteiger partial charge in [0.2, 0.25) is 0 Å². The first kappa shape index (κ1) is 14.1. The third-order valence-corrected chi connectivity index (χ3v) is 3.76. The van der Waals surface area contributed by atoms with Gasteiger partial charge in [-0.2, -0.15) is 0 Å². The topological polar surface area (TPSA) is 12.0 Å². The van der Waals surface area contributed by atoms with Crippen LogP contribution in [0.2, 0.25) is 5.02 Å². The van der Waals surface area contributed by atoms with Gasteiger partial charge in [0.15, 0.2) is 0 Å². The van der Waals surface area contributed by atoms with Crippen LogP contribution in [0.4, 0.5) is 0 Å². The van der Waals surface area contributed by atoms with Crippen LogP contribution in [0.5, 0.6) is 0 Å². The molecule has 0 fully saturated rings. The SMILES string of the molecule is CNC(Cc1cc(C)ccc1C)c1cccc(Cl)c1. The van der Waals surface area contributed by atoms with E-state index in [1.807, 2.05) is 25.2 Å². The van der Waals surface area contributed by atoms with Gasteiger partial charge in [-0.1, -0.05) is 47.5 Å². The van der Waals surface area contributed by atoms with E-state index in [2.05, 4.69) is 43.4 Å². The number of aryl methyl sites for hydroxylation is 2. The van der Waals surface area contributed by atoms with Gasteiger partial charge in [0.1, 0.15) is 0 Å². The Hall–Kier alpha value is -1.31. The minimum Gasteiger partial charge on any atom is -0.313 e. The van der Waals surface area contributed by atoms with Gasteiger partial charge in [-0.25, -0.2) is 0 Å². The van der Waals surface area contributed by atoms with Gasteiger partial charge >= 0.3 is 0 Å². The average Bonchev–Trinajstić information content (AvgIpc) is 2.39. The van der Waals surface area contributed by atoms with Crippen molar-refractivity contribution in [1.29, 1.82) is 0 Å². The summed E-state index contributed by atoms with van der Waals surface area (Å²) in [5, 5.41) is 4.17. The van der Waals surface area contributed by atoms with Crippen LogP contribution in [0.3, 0.4) is 0 Å². The van der Waals surface area contributed by atoms with Crippen LogP contribution in [0.25, 0.3) is 0 Å². The molecule has 0 aliphatic carbocycles. The van der Waals surface area contributed by atoms with Crippen molar-refractivity contribution >= 4 is 11.6 Å². The van der Waals surface area contributed by atoms with Gasteiger partial charge in [-0.15, -0.1) is 0 Å². The molecule has 1 N–H and O–H groups in total. The van der Waals surface area contributed by atoms with Gasteiger partial charge in [-0.05, 0) is 56.1 Å². The maximum absolute atomic E-state index is 6.08. The molecule has 2 aromatic carbocycles. The lowest BCUT2D eigenvalue weighted by Crippen LogP contribution is -2.19. The predicted octanol–water partition coefficient (Wildman–Crippen LogP) is 4.46. The molecular weight excluding hydrogens is 254 g/mol. The Bertz CT molecular complexity index is 563. The number of halogens is 1. The van der Waals surface area contributed by atoms with Gasteiger partial charge < -0.3 is 5.32 Å². The van der Waals surface area contributed by atoms with E-state index >= 15 is 0 Å². The Morgan fingerprint density at radius 3 is 2.58 bits per heavy atom. The zero-order valence-corrected chi connectivity index (χ0v) is 12.5. The summed E-state index contributed by atoms with van der Waals surface area (Å²) in [6, 6.07) is 15.0. The number of nitrogens with one attached hydrogen (secondary N) is 1. The molecule has 0 aromatic heterocycles. The molecular formula is C17H20ClN. The molecule has 19 heavy (non-hydrogen) atoms. The summed E-state index contributed by atoms with van der Waals surface area (Å²) < 4.78 is 0. The second-order valence-corrected chi connectivity index (χ2v) is 5.47. The van der Waals surface area contributed by atoms with Crippen LogP contribution in [-0.2, 0) is 6.42 Å². The number of hydrogen-bond acceptors (Lipinski definition) is 1. The molecule has 1 nitrogen and oxygen atoms in total. The monoisotopic (exact) mass is 273 g/mol.